The fourth-order valence-electron chi connectivity index (χ4n) is 1.17. The van der Waals surface area contributed by atoms with E-state index in [4.69, 9.17) is 11.0 Å². The number of hydrogen-bond donors (Lipinski definition) is 3. The van der Waals surface area contributed by atoms with Gasteiger partial charge in [-0.15, -0.1) is 0 Å². The van der Waals surface area contributed by atoms with Crippen LogP contribution in [0.2, 0.25) is 0 Å². The molecule has 1 aromatic rings. The van der Waals surface area contributed by atoms with Gasteiger partial charge in [0.25, 0.3) is 0 Å². The van der Waals surface area contributed by atoms with Crippen LogP contribution in [0.25, 0.3) is 0 Å². The molecule has 0 aliphatic heterocycles. The summed E-state index contributed by atoms with van der Waals surface area (Å²) in [5.41, 5.74) is 6.35. The van der Waals surface area contributed by atoms with Gasteiger partial charge in [0.2, 0.25) is 0 Å². The fraction of sp³-hybridized carbons (Fsp3) is 0.167. The fourth-order valence-corrected chi connectivity index (χ4v) is 1.17. The lowest BCUT2D eigenvalue weighted by atomic mass is 10.2. The number of carbonyl (C=O) groups is 1. The SMILES string of the molecule is N#Cc1cccc(NC(=O)NC/C=C/CN)c1. The van der Waals surface area contributed by atoms with E-state index in [0.29, 0.717) is 24.3 Å². The molecule has 0 atom stereocenters. The van der Waals surface area contributed by atoms with E-state index in [9.17, 15) is 4.79 Å². The minimum Gasteiger partial charge on any atom is -0.334 e. The average Bonchev–Trinajstić information content (AvgIpc) is 2.35. The number of nitrogens with one attached hydrogen (secondary N) is 2. The second kappa shape index (κ2) is 7.04. The summed E-state index contributed by atoms with van der Waals surface area (Å²) < 4.78 is 0. The van der Waals surface area contributed by atoms with Gasteiger partial charge in [-0.25, -0.2) is 4.79 Å². The van der Waals surface area contributed by atoms with Crippen molar-refractivity contribution in [1.29, 1.82) is 5.26 Å². The minimum absolute atomic E-state index is 0.318. The van der Waals surface area contributed by atoms with Crippen LogP contribution in [0.5, 0.6) is 0 Å². The molecule has 1 aromatic carbocycles. The quantitative estimate of drug-likeness (QED) is 0.678. The Morgan fingerprint density at radius 1 is 1.47 bits per heavy atom. The third-order valence-electron chi connectivity index (χ3n) is 1.93. The summed E-state index contributed by atoms with van der Waals surface area (Å²) >= 11 is 0. The van der Waals surface area contributed by atoms with Crippen LogP contribution in [0.3, 0.4) is 0 Å². The van der Waals surface area contributed by atoms with E-state index in [1.807, 2.05) is 6.07 Å². The number of amides is 2. The summed E-state index contributed by atoms with van der Waals surface area (Å²) in [5.74, 6) is 0. The molecule has 2 amide bonds. The van der Waals surface area contributed by atoms with Gasteiger partial charge in [0, 0.05) is 18.8 Å². The number of anilines is 1. The number of nitriles is 1. The van der Waals surface area contributed by atoms with E-state index in [-0.39, 0.29) is 6.03 Å². The molecule has 0 radical (unpaired) electrons. The van der Waals surface area contributed by atoms with E-state index in [2.05, 4.69) is 10.6 Å². The maximum Gasteiger partial charge on any atom is 0.319 e. The van der Waals surface area contributed by atoms with Gasteiger partial charge in [-0.05, 0) is 18.2 Å². The van der Waals surface area contributed by atoms with Crippen molar-refractivity contribution in [2.75, 3.05) is 18.4 Å². The van der Waals surface area contributed by atoms with Crippen molar-refractivity contribution in [1.82, 2.24) is 5.32 Å². The molecule has 0 spiro atoms. The first-order valence-corrected chi connectivity index (χ1v) is 5.16. The molecule has 5 heteroatoms. The molecular weight excluding hydrogens is 216 g/mol. The zero-order valence-corrected chi connectivity index (χ0v) is 9.31. The van der Waals surface area contributed by atoms with Crippen molar-refractivity contribution in [2.24, 2.45) is 5.73 Å². The molecule has 0 saturated carbocycles. The highest BCUT2D eigenvalue weighted by atomic mass is 16.2. The Labute approximate surface area is 99.9 Å². The average molecular weight is 230 g/mol. The first-order chi connectivity index (χ1) is 8.26. The number of urea groups is 1. The van der Waals surface area contributed by atoms with E-state index in [1.54, 1.807) is 36.4 Å². The Bertz CT molecular complexity index is 448. The number of nitrogens with two attached hydrogens (primary N) is 1. The van der Waals surface area contributed by atoms with Crippen molar-refractivity contribution >= 4 is 11.7 Å². The van der Waals surface area contributed by atoms with Crippen LogP contribution >= 0.6 is 0 Å². The van der Waals surface area contributed by atoms with Crippen molar-refractivity contribution in [3.63, 3.8) is 0 Å². The predicted molar refractivity (Wildman–Crippen MR) is 66.4 cm³/mol. The molecule has 0 bridgehead atoms. The molecule has 0 aliphatic rings. The molecule has 0 fully saturated rings. The number of rotatable bonds is 4. The zero-order chi connectivity index (χ0) is 12.5. The highest BCUT2D eigenvalue weighted by molar-refractivity contribution is 5.89. The van der Waals surface area contributed by atoms with E-state index in [1.165, 1.54) is 0 Å². The van der Waals surface area contributed by atoms with Gasteiger partial charge in [0.1, 0.15) is 0 Å². The summed E-state index contributed by atoms with van der Waals surface area (Å²) in [6, 6.07) is 8.40. The molecule has 0 saturated heterocycles. The Morgan fingerprint density at radius 3 is 3.00 bits per heavy atom. The van der Waals surface area contributed by atoms with Crippen LogP contribution in [0.1, 0.15) is 5.56 Å². The monoisotopic (exact) mass is 230 g/mol. The lowest BCUT2D eigenvalue weighted by Crippen LogP contribution is -2.28. The molecule has 0 aliphatic carbocycles. The topological polar surface area (TPSA) is 90.9 Å². The Balaban J connectivity index is 2.45. The predicted octanol–water partition coefficient (Wildman–Crippen LogP) is 1.19. The Kier molecular flexibility index (Phi) is 5.28. The Morgan fingerprint density at radius 2 is 2.29 bits per heavy atom. The maximum absolute atomic E-state index is 11.4. The molecule has 1 rings (SSSR count). The van der Waals surface area contributed by atoms with Gasteiger partial charge in [-0.1, -0.05) is 18.2 Å². The van der Waals surface area contributed by atoms with Gasteiger partial charge < -0.3 is 16.4 Å². The second-order valence-electron chi connectivity index (χ2n) is 3.23. The van der Waals surface area contributed by atoms with E-state index in [0.717, 1.165) is 0 Å². The summed E-state index contributed by atoms with van der Waals surface area (Å²) in [7, 11) is 0. The van der Waals surface area contributed by atoms with Gasteiger partial charge >= 0.3 is 6.03 Å². The summed E-state index contributed by atoms with van der Waals surface area (Å²) in [6.07, 6.45) is 3.53. The number of hydrogen-bond acceptors (Lipinski definition) is 3. The standard InChI is InChI=1S/C12H14N4O/c13-6-1-2-7-15-12(17)16-11-5-3-4-10(8-11)9-14/h1-5,8H,6-7,13H2,(H2,15,16,17)/b2-1+. The molecule has 0 unspecified atom stereocenters. The van der Waals surface area contributed by atoms with Gasteiger partial charge in [-0.3, -0.25) is 0 Å². The van der Waals surface area contributed by atoms with E-state index < -0.39 is 0 Å². The van der Waals surface area contributed by atoms with Crippen molar-refractivity contribution in [3.8, 4) is 6.07 Å². The number of nitrogens with zero attached hydrogens (tertiary/aromatic N) is 1. The summed E-state index contributed by atoms with van der Waals surface area (Å²) in [4.78, 5) is 11.4. The van der Waals surface area contributed by atoms with Gasteiger partial charge in [-0.2, -0.15) is 5.26 Å². The normalized spacial score (nSPS) is 9.88. The molecule has 0 aromatic heterocycles. The highest BCUT2D eigenvalue weighted by Crippen LogP contribution is 2.09. The zero-order valence-electron chi connectivity index (χ0n) is 9.31. The number of benzene rings is 1. The smallest absolute Gasteiger partial charge is 0.319 e. The first kappa shape index (κ1) is 12.7. The minimum atomic E-state index is -0.318. The summed E-state index contributed by atoms with van der Waals surface area (Å²) in [5, 5.41) is 14.0. The lowest BCUT2D eigenvalue weighted by molar-refractivity contribution is 0.253. The second-order valence-corrected chi connectivity index (χ2v) is 3.23. The van der Waals surface area contributed by atoms with Crippen LogP contribution in [0, 0.1) is 11.3 Å². The largest absolute Gasteiger partial charge is 0.334 e. The van der Waals surface area contributed by atoms with Crippen LogP contribution in [0.4, 0.5) is 10.5 Å². The highest BCUT2D eigenvalue weighted by Gasteiger charge is 2.00. The Hall–Kier alpha value is -2.32. The molecule has 88 valence electrons. The van der Waals surface area contributed by atoms with E-state index >= 15 is 0 Å². The third kappa shape index (κ3) is 4.82. The van der Waals surface area contributed by atoms with Crippen LogP contribution in [0.15, 0.2) is 36.4 Å². The third-order valence-corrected chi connectivity index (χ3v) is 1.93. The van der Waals surface area contributed by atoms with Crippen LogP contribution < -0.4 is 16.4 Å². The summed E-state index contributed by atoms with van der Waals surface area (Å²) in [6.45, 7) is 0.870. The molecule has 17 heavy (non-hydrogen) atoms. The van der Waals surface area contributed by atoms with Gasteiger partial charge in [0.05, 0.1) is 11.6 Å². The maximum atomic E-state index is 11.4. The van der Waals surface area contributed by atoms with Crippen molar-refractivity contribution < 1.29 is 4.79 Å². The van der Waals surface area contributed by atoms with Crippen molar-refractivity contribution in [3.05, 3.63) is 42.0 Å². The lowest BCUT2D eigenvalue weighted by Gasteiger charge is -2.05. The van der Waals surface area contributed by atoms with Crippen molar-refractivity contribution in [2.45, 2.75) is 0 Å². The first-order valence-electron chi connectivity index (χ1n) is 5.16. The van der Waals surface area contributed by atoms with Crippen LogP contribution in [-0.4, -0.2) is 19.1 Å². The van der Waals surface area contributed by atoms with Gasteiger partial charge in [0.15, 0.2) is 0 Å². The van der Waals surface area contributed by atoms with Crippen LogP contribution in [-0.2, 0) is 0 Å². The molecule has 0 heterocycles. The molecule has 5 nitrogen and oxygen atoms in total. The number of carbonyl (C=O) groups excluding carboxylic acids is 1. The molecule has 4 N–H and O–H groups in total. The molecular formula is C12H14N4O.